The van der Waals surface area contributed by atoms with Crippen molar-refractivity contribution in [3.05, 3.63) is 63.0 Å². The summed E-state index contributed by atoms with van der Waals surface area (Å²) in [6.45, 7) is 7.54. The van der Waals surface area contributed by atoms with Gasteiger partial charge >= 0.3 is 169 Å². The van der Waals surface area contributed by atoms with Gasteiger partial charge in [0.2, 0.25) is 0 Å². The van der Waals surface area contributed by atoms with Gasteiger partial charge in [-0.05, 0) is 0 Å². The van der Waals surface area contributed by atoms with Crippen LogP contribution < -0.4 is 13.4 Å². The SMILES string of the molecule is CC(C)(C)NCCOc1ccccc1[C](=O)[In]1[CH]=Cc2c(C=O)ccc[c]21. The van der Waals surface area contributed by atoms with Crippen molar-refractivity contribution in [2.24, 2.45) is 0 Å². The Labute approximate surface area is 168 Å². The zero-order valence-corrected chi connectivity index (χ0v) is 19.3. The first-order valence-electron chi connectivity index (χ1n) is 9.18. The van der Waals surface area contributed by atoms with E-state index in [4.69, 9.17) is 4.74 Å². The van der Waals surface area contributed by atoms with Crippen LogP contribution in [0.1, 0.15) is 47.1 Å². The summed E-state index contributed by atoms with van der Waals surface area (Å²) in [6.07, 6.45) is 2.82. The molecule has 27 heavy (non-hydrogen) atoms. The Kier molecular flexibility index (Phi) is 6.22. The third-order valence-electron chi connectivity index (χ3n) is 4.54. The van der Waals surface area contributed by atoms with Crippen LogP contribution in [-0.4, -0.2) is 50.0 Å². The van der Waals surface area contributed by atoms with E-state index in [0.717, 1.165) is 15.2 Å². The Morgan fingerprint density at radius 3 is 2.67 bits per heavy atom. The summed E-state index contributed by atoms with van der Waals surface area (Å²) in [5.41, 5.74) is 2.27. The molecule has 5 heteroatoms. The molecule has 2 aromatic carbocycles. The number of fused-ring (bicyclic) bond motifs is 1. The van der Waals surface area contributed by atoms with E-state index in [1.807, 2.05) is 42.5 Å². The van der Waals surface area contributed by atoms with Crippen molar-refractivity contribution < 1.29 is 14.3 Å². The first-order chi connectivity index (χ1) is 12.9. The number of carbonyl (C=O) groups is 2. The van der Waals surface area contributed by atoms with E-state index in [2.05, 4.69) is 29.9 Å². The number of carbonyl (C=O) groups excluding carboxylic acids is 2. The van der Waals surface area contributed by atoms with E-state index in [1.165, 1.54) is 0 Å². The summed E-state index contributed by atoms with van der Waals surface area (Å²) >= 11 is -2.84. The topological polar surface area (TPSA) is 55.4 Å². The van der Waals surface area contributed by atoms with Gasteiger partial charge in [-0.3, -0.25) is 0 Å². The fourth-order valence-electron chi connectivity index (χ4n) is 3.24. The summed E-state index contributed by atoms with van der Waals surface area (Å²) in [5.74, 6) is 0.642. The summed E-state index contributed by atoms with van der Waals surface area (Å²) in [4.78, 5) is 24.5. The zero-order valence-electron chi connectivity index (χ0n) is 16.0. The van der Waals surface area contributed by atoms with Crippen molar-refractivity contribution >= 4 is 40.7 Å². The Morgan fingerprint density at radius 1 is 1.15 bits per heavy atom. The van der Waals surface area contributed by atoms with Crippen molar-refractivity contribution in [1.29, 1.82) is 0 Å². The first kappa shape index (κ1) is 19.9. The molecule has 1 heterocycles. The number of nitrogens with one attached hydrogen (secondary N) is 1. The molecule has 1 aliphatic rings. The van der Waals surface area contributed by atoms with Crippen molar-refractivity contribution in [2.45, 2.75) is 26.3 Å². The molecule has 138 valence electrons. The van der Waals surface area contributed by atoms with E-state index >= 15 is 0 Å². The predicted octanol–water partition coefficient (Wildman–Crippen LogP) is 2.96. The van der Waals surface area contributed by atoms with Gasteiger partial charge < -0.3 is 0 Å². The Bertz CT molecular complexity index is 883. The number of hydrogen-bond donors (Lipinski definition) is 1. The standard InChI is InChI=1S/C13H18NO2.C9H6O.In/c1-13(2,3)14-8-9-16-12-7-5-4-6-11(12)10-15;1-2-8-5-3-4-6-9(8)7-10;/h4-7,14H,8-9H2,1-3H3;1-4,6-7H;. The van der Waals surface area contributed by atoms with E-state index in [9.17, 15) is 9.59 Å². The van der Waals surface area contributed by atoms with Gasteiger partial charge in [0.1, 0.15) is 0 Å². The predicted molar refractivity (Wildman–Crippen MR) is 110 cm³/mol. The number of ether oxygens (including phenoxy) is 1. The van der Waals surface area contributed by atoms with Gasteiger partial charge in [0, 0.05) is 0 Å². The molecular formula is C22H24InNO3. The van der Waals surface area contributed by atoms with Crippen LogP contribution in [-0.2, 0) is 0 Å². The summed E-state index contributed by atoms with van der Waals surface area (Å²) in [6, 6.07) is 13.1. The minimum absolute atomic E-state index is 0.0315. The molecule has 1 N–H and O–H groups in total. The number of para-hydroxylation sites is 1. The minimum atomic E-state index is -2.84. The Balaban J connectivity index is 1.78. The molecule has 0 saturated heterocycles. The summed E-state index contributed by atoms with van der Waals surface area (Å²) in [7, 11) is 0. The summed E-state index contributed by atoms with van der Waals surface area (Å²) in [5, 5.41) is 3.38. The van der Waals surface area contributed by atoms with Gasteiger partial charge in [0.15, 0.2) is 0 Å². The molecule has 4 nitrogen and oxygen atoms in total. The van der Waals surface area contributed by atoms with Crippen molar-refractivity contribution in [1.82, 2.24) is 5.32 Å². The van der Waals surface area contributed by atoms with E-state index in [-0.39, 0.29) is 9.08 Å². The average molecular weight is 465 g/mol. The van der Waals surface area contributed by atoms with E-state index < -0.39 is 21.4 Å². The van der Waals surface area contributed by atoms with Crippen LogP contribution in [0.3, 0.4) is 0 Å². The zero-order chi connectivity index (χ0) is 19.4. The van der Waals surface area contributed by atoms with Gasteiger partial charge in [0.25, 0.3) is 0 Å². The first-order valence-corrected chi connectivity index (χ1v) is 14.4. The van der Waals surface area contributed by atoms with Crippen LogP contribution in [0.15, 0.2) is 46.3 Å². The molecule has 0 amide bonds. The van der Waals surface area contributed by atoms with Crippen LogP contribution in [0.4, 0.5) is 0 Å². The average Bonchev–Trinajstić information content (AvgIpc) is 3.08. The molecule has 3 rings (SSSR count). The molecule has 0 radical (unpaired) electrons. The van der Waals surface area contributed by atoms with Gasteiger partial charge in [-0.15, -0.1) is 0 Å². The molecule has 0 atom stereocenters. The molecule has 0 saturated carbocycles. The Morgan fingerprint density at radius 2 is 1.93 bits per heavy atom. The number of hydrogen-bond acceptors (Lipinski definition) is 4. The molecule has 1 aliphatic heterocycles. The van der Waals surface area contributed by atoms with Gasteiger partial charge in [-0.25, -0.2) is 0 Å². The van der Waals surface area contributed by atoms with Crippen molar-refractivity contribution in [2.75, 3.05) is 13.2 Å². The second-order valence-corrected chi connectivity index (χ2v) is 14.8. The molecule has 2 aromatic rings. The second-order valence-electron chi connectivity index (χ2n) is 7.69. The maximum absolute atomic E-state index is 13.3. The van der Waals surface area contributed by atoms with E-state index in [0.29, 0.717) is 30.0 Å². The van der Waals surface area contributed by atoms with Crippen LogP contribution >= 0.6 is 0 Å². The fourth-order valence-corrected chi connectivity index (χ4v) is 10.5. The molecule has 0 spiro atoms. The quantitative estimate of drug-likeness (QED) is 0.505. The van der Waals surface area contributed by atoms with Crippen molar-refractivity contribution in [3.63, 3.8) is 0 Å². The van der Waals surface area contributed by atoms with E-state index in [1.54, 1.807) is 6.07 Å². The molecule has 0 aliphatic carbocycles. The van der Waals surface area contributed by atoms with Crippen LogP contribution in [0.2, 0.25) is 0 Å². The second kappa shape index (κ2) is 8.44. The third-order valence-corrected chi connectivity index (χ3v) is 12.0. The number of aldehydes is 1. The molecule has 0 aromatic heterocycles. The molecule has 0 fully saturated rings. The maximum atomic E-state index is 13.3. The molecular weight excluding hydrogens is 441 g/mol. The van der Waals surface area contributed by atoms with Crippen LogP contribution in [0, 0.1) is 0 Å². The van der Waals surface area contributed by atoms with Crippen molar-refractivity contribution in [3.8, 4) is 5.75 Å². The number of rotatable bonds is 7. The normalized spacial score (nSPS) is 12.8. The Hall–Kier alpha value is -1.85. The third kappa shape index (κ3) is 4.71. The number of benzene rings is 2. The summed E-state index contributed by atoms with van der Waals surface area (Å²) < 4.78 is 9.25. The van der Waals surface area contributed by atoms with Gasteiger partial charge in [-0.2, -0.15) is 0 Å². The van der Waals surface area contributed by atoms with Gasteiger partial charge in [0.05, 0.1) is 0 Å². The van der Waals surface area contributed by atoms with Gasteiger partial charge in [-0.1, -0.05) is 0 Å². The fraction of sp³-hybridized carbons (Fsp3) is 0.273. The van der Waals surface area contributed by atoms with Crippen LogP contribution in [0.25, 0.3) is 6.08 Å². The molecule has 0 unspecified atom stereocenters. The molecule has 0 bridgehead atoms. The van der Waals surface area contributed by atoms with Crippen LogP contribution in [0.5, 0.6) is 5.75 Å². The monoisotopic (exact) mass is 465 g/mol.